The number of carbonyl (C=O) groups is 2. The number of nitrogens with one attached hydrogen (secondary N) is 1. The summed E-state index contributed by atoms with van der Waals surface area (Å²) in [6.07, 6.45) is 0.113. The predicted octanol–water partition coefficient (Wildman–Crippen LogP) is 4.73. The van der Waals surface area contributed by atoms with Crippen molar-refractivity contribution >= 4 is 27.5 Å². The summed E-state index contributed by atoms with van der Waals surface area (Å²) in [6, 6.07) is 24.7. The molecule has 2 amide bonds. The van der Waals surface area contributed by atoms with Gasteiger partial charge >= 0.3 is 0 Å². The van der Waals surface area contributed by atoms with Crippen molar-refractivity contribution in [2.24, 2.45) is 0 Å². The smallest absolute Gasteiger partial charge is 0.264 e. The van der Waals surface area contributed by atoms with E-state index in [0.717, 1.165) is 15.4 Å². The second-order valence-electron chi connectivity index (χ2n) is 10.3. The Morgan fingerprint density at radius 2 is 1.51 bits per heavy atom. The summed E-state index contributed by atoms with van der Waals surface area (Å²) in [5, 5.41) is 2.61. The Bertz CT molecular complexity index is 1730. The number of halogens is 1. The lowest BCUT2D eigenvalue weighted by Gasteiger charge is -2.33. The predicted molar refractivity (Wildman–Crippen MR) is 170 cm³/mol. The average molecular weight is 634 g/mol. The van der Waals surface area contributed by atoms with Crippen LogP contribution >= 0.6 is 0 Å². The Morgan fingerprint density at radius 1 is 0.867 bits per heavy atom. The van der Waals surface area contributed by atoms with Crippen molar-refractivity contribution < 1.29 is 31.9 Å². The lowest BCUT2D eigenvalue weighted by atomic mass is 10.0. The SMILES string of the molecule is CNC(=O)[C@@H](Cc1ccccc1)N(Cc1ccccc1F)C(=O)CN(c1ccc(OC)c(OC)c1)S(=O)(=O)c1ccc(C)cc1. The fraction of sp³-hybridized carbons (Fsp3) is 0.235. The minimum Gasteiger partial charge on any atom is -0.493 e. The standard InChI is InChI=1S/C34H36FN3O6S/c1-24-14-17-28(18-15-24)45(41,42)38(27-16-19-31(43-3)32(21-27)44-4)23-33(39)37(22-26-12-8-9-13-29(26)35)30(34(40)36-2)20-25-10-6-5-7-11-25/h5-19,21,30H,20,22-23H2,1-4H3,(H,36,40)/t30-/m1/s1. The van der Waals surface area contributed by atoms with Crippen molar-refractivity contribution in [3.05, 3.63) is 120 Å². The molecule has 4 aromatic carbocycles. The fourth-order valence-electron chi connectivity index (χ4n) is 4.88. The maximum absolute atomic E-state index is 14.9. The highest BCUT2D eigenvalue weighted by Gasteiger charge is 2.35. The monoisotopic (exact) mass is 633 g/mol. The van der Waals surface area contributed by atoms with E-state index in [2.05, 4.69) is 5.32 Å². The molecular formula is C34H36FN3O6S. The van der Waals surface area contributed by atoms with Gasteiger partial charge in [0.25, 0.3) is 10.0 Å². The van der Waals surface area contributed by atoms with Crippen LogP contribution in [0.25, 0.3) is 0 Å². The van der Waals surface area contributed by atoms with E-state index in [-0.39, 0.29) is 34.9 Å². The largest absolute Gasteiger partial charge is 0.493 e. The van der Waals surface area contributed by atoms with Crippen LogP contribution in [0.5, 0.6) is 11.5 Å². The molecule has 1 atom stereocenters. The molecule has 0 unspecified atom stereocenters. The number of amides is 2. The summed E-state index contributed by atoms with van der Waals surface area (Å²) in [4.78, 5) is 28.9. The zero-order valence-electron chi connectivity index (χ0n) is 25.6. The van der Waals surface area contributed by atoms with Crippen LogP contribution in [0.2, 0.25) is 0 Å². The van der Waals surface area contributed by atoms with Crippen LogP contribution in [0.3, 0.4) is 0 Å². The summed E-state index contributed by atoms with van der Waals surface area (Å²) < 4.78 is 55.0. The molecule has 11 heteroatoms. The van der Waals surface area contributed by atoms with Gasteiger partial charge in [-0.15, -0.1) is 0 Å². The molecule has 0 saturated carbocycles. The minimum absolute atomic E-state index is 0.0384. The van der Waals surface area contributed by atoms with Crippen molar-refractivity contribution in [1.29, 1.82) is 0 Å². The van der Waals surface area contributed by atoms with E-state index in [9.17, 15) is 22.4 Å². The summed E-state index contributed by atoms with van der Waals surface area (Å²) in [5.41, 5.74) is 1.92. The maximum atomic E-state index is 14.9. The summed E-state index contributed by atoms with van der Waals surface area (Å²) in [5.74, 6) is -1.14. The molecule has 0 bridgehead atoms. The van der Waals surface area contributed by atoms with E-state index in [4.69, 9.17) is 9.47 Å². The first-order valence-electron chi connectivity index (χ1n) is 14.2. The highest BCUT2D eigenvalue weighted by molar-refractivity contribution is 7.92. The number of likely N-dealkylation sites (N-methyl/N-ethyl adjacent to an activating group) is 1. The first-order chi connectivity index (χ1) is 21.6. The van der Waals surface area contributed by atoms with Crippen LogP contribution in [-0.4, -0.2) is 59.0 Å². The first kappa shape index (κ1) is 33.0. The van der Waals surface area contributed by atoms with E-state index < -0.39 is 40.2 Å². The van der Waals surface area contributed by atoms with Gasteiger partial charge in [0.1, 0.15) is 18.4 Å². The van der Waals surface area contributed by atoms with E-state index in [0.29, 0.717) is 5.75 Å². The number of sulfonamides is 1. The third-order valence-electron chi connectivity index (χ3n) is 7.36. The third-order valence-corrected chi connectivity index (χ3v) is 9.15. The van der Waals surface area contributed by atoms with Gasteiger partial charge < -0.3 is 19.7 Å². The molecule has 4 aromatic rings. The fourth-order valence-corrected chi connectivity index (χ4v) is 6.28. The quantitative estimate of drug-likeness (QED) is 0.228. The molecule has 0 spiro atoms. The number of ether oxygens (including phenoxy) is 2. The molecule has 0 fully saturated rings. The molecule has 236 valence electrons. The normalized spacial score (nSPS) is 11.8. The van der Waals surface area contributed by atoms with Crippen LogP contribution in [0, 0.1) is 12.7 Å². The van der Waals surface area contributed by atoms with E-state index in [1.807, 2.05) is 37.3 Å². The Hall–Kier alpha value is -4.90. The van der Waals surface area contributed by atoms with Crippen molar-refractivity contribution in [3.8, 4) is 11.5 Å². The zero-order valence-corrected chi connectivity index (χ0v) is 26.4. The van der Waals surface area contributed by atoms with Crippen LogP contribution < -0.4 is 19.1 Å². The molecule has 0 aliphatic rings. The Labute approximate surface area is 263 Å². The molecule has 0 radical (unpaired) electrons. The lowest BCUT2D eigenvalue weighted by molar-refractivity contribution is -0.139. The van der Waals surface area contributed by atoms with Gasteiger partial charge in [-0.05, 0) is 42.8 Å². The lowest BCUT2D eigenvalue weighted by Crippen LogP contribution is -2.53. The number of aryl methyl sites for hydroxylation is 1. The van der Waals surface area contributed by atoms with Gasteiger partial charge in [-0.2, -0.15) is 0 Å². The van der Waals surface area contributed by atoms with Crippen molar-refractivity contribution in [2.75, 3.05) is 32.1 Å². The molecule has 0 saturated heterocycles. The van der Waals surface area contributed by atoms with Crippen LogP contribution in [-0.2, 0) is 32.6 Å². The number of hydrogen-bond acceptors (Lipinski definition) is 6. The molecule has 0 aliphatic carbocycles. The van der Waals surface area contributed by atoms with Crippen molar-refractivity contribution in [1.82, 2.24) is 10.2 Å². The molecule has 0 heterocycles. The molecule has 1 N–H and O–H groups in total. The minimum atomic E-state index is -4.32. The van der Waals surface area contributed by atoms with E-state index in [1.165, 1.54) is 74.7 Å². The van der Waals surface area contributed by atoms with Gasteiger partial charge in [0, 0.05) is 31.6 Å². The van der Waals surface area contributed by atoms with Crippen LogP contribution in [0.1, 0.15) is 16.7 Å². The number of benzene rings is 4. The number of anilines is 1. The maximum Gasteiger partial charge on any atom is 0.264 e. The van der Waals surface area contributed by atoms with Crippen LogP contribution in [0.4, 0.5) is 10.1 Å². The second kappa shape index (κ2) is 14.7. The van der Waals surface area contributed by atoms with Gasteiger partial charge in [0.15, 0.2) is 11.5 Å². The molecule has 0 aliphatic heterocycles. The van der Waals surface area contributed by atoms with Crippen molar-refractivity contribution in [3.63, 3.8) is 0 Å². The molecule has 9 nitrogen and oxygen atoms in total. The number of methoxy groups -OCH3 is 2. The Morgan fingerprint density at radius 3 is 2.13 bits per heavy atom. The molecule has 45 heavy (non-hydrogen) atoms. The Kier molecular flexibility index (Phi) is 10.8. The number of carbonyl (C=O) groups excluding carboxylic acids is 2. The zero-order chi connectivity index (χ0) is 32.6. The summed E-state index contributed by atoms with van der Waals surface area (Å²) in [7, 11) is -0.00387. The average Bonchev–Trinajstić information content (AvgIpc) is 3.05. The van der Waals surface area contributed by atoms with E-state index >= 15 is 0 Å². The Balaban J connectivity index is 1.83. The van der Waals surface area contributed by atoms with Gasteiger partial charge in [-0.3, -0.25) is 13.9 Å². The summed E-state index contributed by atoms with van der Waals surface area (Å²) >= 11 is 0. The summed E-state index contributed by atoms with van der Waals surface area (Å²) in [6.45, 7) is 0.863. The number of rotatable bonds is 13. The van der Waals surface area contributed by atoms with Crippen molar-refractivity contribution in [2.45, 2.75) is 30.8 Å². The number of hydrogen-bond donors (Lipinski definition) is 1. The molecule has 0 aromatic heterocycles. The van der Waals surface area contributed by atoms with Gasteiger partial charge in [0.05, 0.1) is 24.8 Å². The van der Waals surface area contributed by atoms with Gasteiger partial charge in [-0.25, -0.2) is 12.8 Å². The topological polar surface area (TPSA) is 105 Å². The second-order valence-corrected chi connectivity index (χ2v) is 12.2. The molecule has 4 rings (SSSR count). The third kappa shape index (κ3) is 7.79. The molecular weight excluding hydrogens is 597 g/mol. The van der Waals surface area contributed by atoms with Crippen LogP contribution in [0.15, 0.2) is 102 Å². The highest BCUT2D eigenvalue weighted by Crippen LogP contribution is 2.34. The van der Waals surface area contributed by atoms with Gasteiger partial charge in [0.2, 0.25) is 11.8 Å². The van der Waals surface area contributed by atoms with Gasteiger partial charge in [-0.1, -0.05) is 66.2 Å². The highest BCUT2D eigenvalue weighted by atomic mass is 32.2. The first-order valence-corrected chi connectivity index (χ1v) is 15.6. The number of nitrogens with zero attached hydrogens (tertiary/aromatic N) is 2. The van der Waals surface area contributed by atoms with E-state index in [1.54, 1.807) is 18.2 Å².